The van der Waals surface area contributed by atoms with Crippen LogP contribution in [0.3, 0.4) is 0 Å². The molecule has 0 aliphatic carbocycles. The van der Waals surface area contributed by atoms with Gasteiger partial charge in [0.1, 0.15) is 0 Å². The van der Waals surface area contributed by atoms with Gasteiger partial charge < -0.3 is 45.3 Å². The summed E-state index contributed by atoms with van der Waals surface area (Å²) < 4.78 is 19.3. The number of nitrogens with two attached hydrogens (primary N) is 1. The Hall–Kier alpha value is -1.99. The Bertz CT molecular complexity index is 994. The van der Waals surface area contributed by atoms with Gasteiger partial charge in [0, 0.05) is 45.1 Å². The lowest BCUT2D eigenvalue weighted by atomic mass is 9.77. The Morgan fingerprint density at radius 3 is 2.50 bits per heavy atom. The van der Waals surface area contributed by atoms with Gasteiger partial charge in [0.15, 0.2) is 12.4 Å². The molecular formula is C32H59N5O7. The molecular weight excluding hydrogens is 566 g/mol. The number of rotatable bonds is 7. The monoisotopic (exact) mass is 625 g/mol. The van der Waals surface area contributed by atoms with Crippen LogP contribution in [0.4, 0.5) is 0 Å². The number of amidine groups is 1. The molecule has 0 aromatic heterocycles. The van der Waals surface area contributed by atoms with E-state index in [9.17, 15) is 19.8 Å². The number of aliphatic imine (C=N–C) groups is 1. The molecule has 3 heterocycles. The molecule has 3 saturated heterocycles. The van der Waals surface area contributed by atoms with Gasteiger partial charge in [0.05, 0.1) is 35.9 Å². The van der Waals surface area contributed by atoms with E-state index in [2.05, 4.69) is 10.3 Å². The minimum Gasteiger partial charge on any atom is -0.454 e. The third-order valence-electron chi connectivity index (χ3n) is 9.38. The van der Waals surface area contributed by atoms with E-state index in [1.54, 1.807) is 32.7 Å². The first-order valence-electron chi connectivity index (χ1n) is 16.5. The van der Waals surface area contributed by atoms with Crippen LogP contribution < -0.4 is 11.1 Å². The summed E-state index contributed by atoms with van der Waals surface area (Å²) in [5, 5.41) is 26.7. The van der Waals surface area contributed by atoms with Crippen molar-refractivity contribution >= 4 is 17.8 Å². The number of nitrogens with zero attached hydrogens (tertiary/aromatic N) is 3. The zero-order valence-electron chi connectivity index (χ0n) is 28.4. The molecule has 0 saturated carbocycles. The van der Waals surface area contributed by atoms with Gasteiger partial charge in [-0.15, -0.1) is 0 Å². The van der Waals surface area contributed by atoms with E-state index in [1.807, 2.05) is 39.6 Å². The largest absolute Gasteiger partial charge is 0.454 e. The maximum absolute atomic E-state index is 13.4. The van der Waals surface area contributed by atoms with Gasteiger partial charge >= 0.3 is 0 Å². The summed E-state index contributed by atoms with van der Waals surface area (Å²) in [6.07, 6.45) is -0.162. The second-order valence-electron chi connectivity index (χ2n) is 14.1. The zero-order valence-corrected chi connectivity index (χ0v) is 28.4. The molecule has 0 aromatic carbocycles. The Balaban J connectivity index is 1.93. The van der Waals surface area contributed by atoms with Crippen LogP contribution in [-0.4, -0.2) is 119 Å². The number of hydrogen-bond acceptors (Lipinski definition) is 9. The first kappa shape index (κ1) is 36.5. The highest BCUT2D eigenvalue weighted by Gasteiger charge is 2.52. The van der Waals surface area contributed by atoms with E-state index < -0.39 is 42.0 Å². The maximum atomic E-state index is 13.4. The molecule has 0 bridgehead atoms. The van der Waals surface area contributed by atoms with Crippen molar-refractivity contribution in [3.8, 4) is 0 Å². The van der Waals surface area contributed by atoms with Gasteiger partial charge in [-0.3, -0.25) is 9.59 Å². The molecule has 3 aliphatic rings. The summed E-state index contributed by atoms with van der Waals surface area (Å²) in [5.41, 5.74) is 4.24. The smallest absolute Gasteiger partial charge is 0.288 e. The van der Waals surface area contributed by atoms with Gasteiger partial charge in [-0.1, -0.05) is 27.2 Å². The highest BCUT2D eigenvalue weighted by Crippen LogP contribution is 2.38. The molecule has 3 fully saturated rings. The number of nitrogens with one attached hydrogen (secondary N) is 1. The van der Waals surface area contributed by atoms with E-state index in [0.717, 1.165) is 19.3 Å². The summed E-state index contributed by atoms with van der Waals surface area (Å²) in [6.45, 7) is 14.1. The van der Waals surface area contributed by atoms with Gasteiger partial charge in [0.2, 0.25) is 11.8 Å². The Labute approximate surface area is 264 Å². The number of aliphatic hydroxyl groups is 2. The highest BCUT2D eigenvalue weighted by molar-refractivity contribution is 5.81. The number of ether oxygens (including phenoxy) is 3. The van der Waals surface area contributed by atoms with E-state index in [1.165, 1.54) is 0 Å². The lowest BCUT2D eigenvalue weighted by Crippen LogP contribution is -2.58. The third kappa shape index (κ3) is 9.05. The number of carbonyl (C=O) groups is 2. The lowest BCUT2D eigenvalue weighted by molar-refractivity contribution is -0.288. The lowest BCUT2D eigenvalue weighted by Gasteiger charge is -2.45. The maximum Gasteiger partial charge on any atom is 0.288 e. The van der Waals surface area contributed by atoms with Crippen LogP contribution >= 0.6 is 0 Å². The SMILES string of the molecule is CC(C)N=C1O[C@H]2C(O[C@@H]3[C@@H](C)[C@H](O)[C@@H](C)C(=O)NC(CCCCN)CC(=O)N(C)C[C@H](C)C[C@@]3(C)O)O[C@H](C)C[C@@H]2N1C. The van der Waals surface area contributed by atoms with Crippen molar-refractivity contribution in [2.75, 3.05) is 27.2 Å². The molecule has 44 heavy (non-hydrogen) atoms. The standard InChI is InChI=1S/C32H59N5O7/c1-18(2)34-31-37(9)24-14-20(4)42-30(27(24)43-31)44-28-21(5)26(39)22(6)29(40)35-23(12-10-11-13-33)15-25(38)36(8)17-19(3)16-32(28,7)41/h18-24,26-28,30,39,41H,10-17,33H2,1-9H3,(H,35,40)/t19-,20-,21+,22-,23?,24+,26+,27-,28-,30?,32-/m1/s1. The van der Waals surface area contributed by atoms with Crippen LogP contribution in [0.15, 0.2) is 4.99 Å². The number of amides is 2. The van der Waals surface area contributed by atoms with Crippen LogP contribution in [0.25, 0.3) is 0 Å². The normalized spacial score (nSPS) is 40.5. The van der Waals surface area contributed by atoms with Crippen LogP contribution in [0.2, 0.25) is 0 Å². The molecule has 0 radical (unpaired) electrons. The first-order chi connectivity index (χ1) is 20.5. The number of carbonyl (C=O) groups excluding carboxylic acids is 2. The molecule has 5 N–H and O–H groups in total. The highest BCUT2D eigenvalue weighted by atomic mass is 16.7. The average Bonchev–Trinajstić information content (AvgIpc) is 3.23. The Kier molecular flexibility index (Phi) is 12.9. The van der Waals surface area contributed by atoms with Crippen LogP contribution in [-0.2, 0) is 23.8 Å². The van der Waals surface area contributed by atoms with Crippen LogP contribution in [0, 0.1) is 17.8 Å². The zero-order chi connectivity index (χ0) is 32.9. The molecule has 2 amide bonds. The number of unbranched alkanes of at least 4 members (excludes halogenated alkanes) is 1. The molecule has 12 nitrogen and oxygen atoms in total. The number of likely N-dealkylation sites (N-methyl/N-ethyl adjacent to an activating group) is 1. The predicted octanol–water partition coefficient (Wildman–Crippen LogP) is 1.86. The molecule has 3 aliphatic heterocycles. The van der Waals surface area contributed by atoms with E-state index in [4.69, 9.17) is 19.9 Å². The summed E-state index contributed by atoms with van der Waals surface area (Å²) in [4.78, 5) is 35.0. The van der Waals surface area contributed by atoms with Gasteiger partial charge in [0.25, 0.3) is 6.02 Å². The Morgan fingerprint density at radius 1 is 1.18 bits per heavy atom. The second kappa shape index (κ2) is 15.5. The first-order valence-corrected chi connectivity index (χ1v) is 16.5. The summed E-state index contributed by atoms with van der Waals surface area (Å²) in [6, 6.07) is 0.166. The number of aliphatic hydroxyl groups excluding tert-OH is 1. The van der Waals surface area contributed by atoms with Crippen molar-refractivity contribution < 1.29 is 34.0 Å². The van der Waals surface area contributed by atoms with Crippen molar-refractivity contribution in [3.05, 3.63) is 0 Å². The van der Waals surface area contributed by atoms with Crippen LogP contribution in [0.5, 0.6) is 0 Å². The fourth-order valence-electron chi connectivity index (χ4n) is 7.01. The minimum atomic E-state index is -1.44. The Morgan fingerprint density at radius 2 is 1.86 bits per heavy atom. The van der Waals surface area contributed by atoms with Gasteiger partial charge in [-0.25, -0.2) is 4.99 Å². The fourth-order valence-corrected chi connectivity index (χ4v) is 7.01. The summed E-state index contributed by atoms with van der Waals surface area (Å²) >= 11 is 0. The third-order valence-corrected chi connectivity index (χ3v) is 9.38. The topological polar surface area (TPSA) is 159 Å². The quantitative estimate of drug-likeness (QED) is 0.310. The summed E-state index contributed by atoms with van der Waals surface area (Å²) in [5.74, 6) is -2.00. The molecule has 0 spiro atoms. The molecule has 11 atom stereocenters. The number of fused-ring (bicyclic) bond motifs is 1. The van der Waals surface area contributed by atoms with Crippen molar-refractivity contribution in [2.45, 2.75) is 141 Å². The molecule has 3 rings (SSSR count). The minimum absolute atomic E-state index is 0.0376. The summed E-state index contributed by atoms with van der Waals surface area (Å²) in [7, 11) is 3.71. The van der Waals surface area contributed by atoms with E-state index in [0.29, 0.717) is 32.0 Å². The molecule has 0 aromatic rings. The predicted molar refractivity (Wildman–Crippen MR) is 169 cm³/mol. The van der Waals surface area contributed by atoms with Crippen molar-refractivity contribution in [1.82, 2.24) is 15.1 Å². The van der Waals surface area contributed by atoms with Crippen molar-refractivity contribution in [3.63, 3.8) is 0 Å². The van der Waals surface area contributed by atoms with Crippen molar-refractivity contribution in [1.29, 1.82) is 0 Å². The molecule has 2 unspecified atom stereocenters. The average molecular weight is 626 g/mol. The van der Waals surface area contributed by atoms with E-state index in [-0.39, 0.29) is 48.4 Å². The van der Waals surface area contributed by atoms with E-state index >= 15 is 0 Å². The van der Waals surface area contributed by atoms with Crippen molar-refractivity contribution in [2.24, 2.45) is 28.5 Å². The second-order valence-corrected chi connectivity index (χ2v) is 14.1. The van der Waals surface area contributed by atoms with Gasteiger partial charge in [-0.2, -0.15) is 0 Å². The van der Waals surface area contributed by atoms with Gasteiger partial charge in [-0.05, 0) is 65.8 Å². The fraction of sp³-hybridized carbons (Fsp3) is 0.906. The van der Waals surface area contributed by atoms with Crippen LogP contribution in [0.1, 0.15) is 87.0 Å². The molecule has 12 heteroatoms. The molecule has 254 valence electrons. The number of hydrogen-bond donors (Lipinski definition) is 4.